The van der Waals surface area contributed by atoms with Crippen molar-refractivity contribution in [2.24, 2.45) is 0 Å². The number of hydrogen-bond donors (Lipinski definition) is 0. The summed E-state index contributed by atoms with van der Waals surface area (Å²) < 4.78 is 9.16. The summed E-state index contributed by atoms with van der Waals surface area (Å²) in [6.45, 7) is 0. The van der Waals surface area contributed by atoms with Gasteiger partial charge < -0.3 is 13.9 Å². The van der Waals surface area contributed by atoms with E-state index in [0.717, 1.165) is 55.6 Å². The lowest BCUT2D eigenvalue weighted by Gasteiger charge is -2.26. The second-order valence-electron chi connectivity index (χ2n) is 15.7. The summed E-state index contributed by atoms with van der Waals surface area (Å²) in [6.07, 6.45) is 0. The zero-order valence-corrected chi connectivity index (χ0v) is 33.2. The monoisotopic (exact) mass is 778 g/mol. The van der Waals surface area contributed by atoms with E-state index in [2.05, 4.69) is 240 Å². The molecule has 0 aliphatic heterocycles. The van der Waals surface area contributed by atoms with Crippen LogP contribution in [0.5, 0.6) is 0 Å². The van der Waals surface area contributed by atoms with Crippen molar-refractivity contribution in [3.8, 4) is 39.1 Å². The van der Waals surface area contributed by atoms with E-state index in [9.17, 15) is 0 Å². The maximum Gasteiger partial charge on any atom is 0.137 e. The lowest BCUT2D eigenvalue weighted by atomic mass is 9.96. The van der Waals surface area contributed by atoms with Gasteiger partial charge in [0.1, 0.15) is 11.2 Å². The topological polar surface area (TPSA) is 21.3 Å². The first-order valence-corrected chi connectivity index (χ1v) is 20.8. The van der Waals surface area contributed by atoms with Crippen molar-refractivity contribution in [3.05, 3.63) is 231 Å². The Morgan fingerprint density at radius 2 is 0.918 bits per heavy atom. The van der Waals surface area contributed by atoms with Crippen LogP contribution in [0.3, 0.4) is 0 Å². The van der Waals surface area contributed by atoms with E-state index in [4.69, 9.17) is 4.42 Å². The lowest BCUT2D eigenvalue weighted by molar-refractivity contribution is 0.669. The second-order valence-corrected chi connectivity index (χ2v) is 15.7. The number of rotatable bonds is 7. The molecule has 0 amide bonds. The third-order valence-corrected chi connectivity index (χ3v) is 12.2. The van der Waals surface area contributed by atoms with Gasteiger partial charge in [0.05, 0.1) is 22.1 Å². The highest BCUT2D eigenvalue weighted by Gasteiger charge is 2.22. The van der Waals surface area contributed by atoms with Crippen LogP contribution in [0.4, 0.5) is 17.1 Å². The molecule has 0 saturated carbocycles. The third-order valence-electron chi connectivity index (χ3n) is 12.2. The van der Waals surface area contributed by atoms with Crippen LogP contribution in [0, 0.1) is 0 Å². The maximum atomic E-state index is 6.74. The normalized spacial score (nSPS) is 11.6. The van der Waals surface area contributed by atoms with Crippen LogP contribution < -0.4 is 4.90 Å². The molecule has 3 heteroatoms. The van der Waals surface area contributed by atoms with Crippen LogP contribution in [0.25, 0.3) is 93.6 Å². The van der Waals surface area contributed by atoms with Crippen molar-refractivity contribution >= 4 is 71.6 Å². The molecule has 0 unspecified atom stereocenters. The molecule has 2 heterocycles. The zero-order chi connectivity index (χ0) is 40.3. The Labute approximate surface area is 353 Å². The zero-order valence-electron chi connectivity index (χ0n) is 33.2. The number of para-hydroxylation sites is 4. The molecule has 0 atom stereocenters. The van der Waals surface area contributed by atoms with Gasteiger partial charge in [-0.05, 0) is 105 Å². The van der Waals surface area contributed by atoms with Crippen molar-refractivity contribution in [1.29, 1.82) is 0 Å². The van der Waals surface area contributed by atoms with Gasteiger partial charge in [0.15, 0.2) is 0 Å². The maximum absolute atomic E-state index is 6.74. The van der Waals surface area contributed by atoms with Crippen LogP contribution in [0.15, 0.2) is 235 Å². The Morgan fingerprint density at radius 1 is 0.361 bits per heavy atom. The summed E-state index contributed by atoms with van der Waals surface area (Å²) in [5.74, 6) is 0. The summed E-state index contributed by atoms with van der Waals surface area (Å²) >= 11 is 0. The summed E-state index contributed by atoms with van der Waals surface area (Å²) in [7, 11) is 0. The molecule has 0 saturated heterocycles. The van der Waals surface area contributed by atoms with Crippen molar-refractivity contribution in [2.75, 3.05) is 4.90 Å². The molecule has 61 heavy (non-hydrogen) atoms. The van der Waals surface area contributed by atoms with Crippen LogP contribution in [0.2, 0.25) is 0 Å². The van der Waals surface area contributed by atoms with Crippen molar-refractivity contribution < 1.29 is 4.42 Å². The van der Waals surface area contributed by atoms with E-state index in [1.807, 2.05) is 0 Å². The fourth-order valence-electron chi connectivity index (χ4n) is 9.36. The van der Waals surface area contributed by atoms with E-state index in [1.54, 1.807) is 0 Å². The van der Waals surface area contributed by atoms with Crippen LogP contribution in [0.1, 0.15) is 0 Å². The molecule has 0 radical (unpaired) electrons. The van der Waals surface area contributed by atoms with Gasteiger partial charge in [-0.2, -0.15) is 0 Å². The first kappa shape index (κ1) is 34.9. The third kappa shape index (κ3) is 5.82. The molecule has 0 bridgehead atoms. The van der Waals surface area contributed by atoms with Crippen LogP contribution in [-0.2, 0) is 0 Å². The fraction of sp³-hybridized carbons (Fsp3) is 0. The molecule has 2 aromatic heterocycles. The molecule has 0 spiro atoms. The predicted octanol–water partition coefficient (Wildman–Crippen LogP) is 16.3. The van der Waals surface area contributed by atoms with Gasteiger partial charge in [-0.3, -0.25) is 0 Å². The quantitative estimate of drug-likeness (QED) is 0.161. The number of fused-ring (bicyclic) bond motifs is 8. The number of furan rings is 1. The molecular weight excluding hydrogens is 741 g/mol. The fourth-order valence-corrected chi connectivity index (χ4v) is 9.36. The highest BCUT2D eigenvalue weighted by Crippen LogP contribution is 2.46. The van der Waals surface area contributed by atoms with E-state index in [-0.39, 0.29) is 0 Å². The predicted molar refractivity (Wildman–Crippen MR) is 257 cm³/mol. The Morgan fingerprint density at radius 3 is 1.67 bits per heavy atom. The summed E-state index contributed by atoms with van der Waals surface area (Å²) in [4.78, 5) is 2.36. The minimum Gasteiger partial charge on any atom is -0.456 e. The first-order valence-electron chi connectivity index (χ1n) is 20.8. The molecule has 10 aromatic carbocycles. The average Bonchev–Trinajstić information content (AvgIpc) is 3.90. The summed E-state index contributed by atoms with van der Waals surface area (Å²) in [5, 5.41) is 6.99. The van der Waals surface area contributed by atoms with Crippen molar-refractivity contribution in [1.82, 2.24) is 4.57 Å². The first-order chi connectivity index (χ1) is 30.3. The smallest absolute Gasteiger partial charge is 0.137 e. The molecule has 3 nitrogen and oxygen atoms in total. The molecular formula is C58H38N2O. The molecule has 12 aromatic rings. The molecule has 0 N–H and O–H groups in total. The largest absolute Gasteiger partial charge is 0.456 e. The molecule has 0 aliphatic rings. The van der Waals surface area contributed by atoms with E-state index < -0.39 is 0 Å². The van der Waals surface area contributed by atoms with Gasteiger partial charge in [-0.15, -0.1) is 0 Å². The highest BCUT2D eigenvalue weighted by molar-refractivity contribution is 6.24. The molecule has 0 fully saturated rings. The second kappa shape index (κ2) is 14.3. The van der Waals surface area contributed by atoms with Gasteiger partial charge in [0.25, 0.3) is 0 Å². The number of anilines is 3. The molecule has 12 rings (SSSR count). The Hall–Kier alpha value is -8.14. The Balaban J connectivity index is 1.03. The van der Waals surface area contributed by atoms with Crippen molar-refractivity contribution in [3.63, 3.8) is 0 Å². The standard InChI is InChI=1S/C58H38N2O/c1-4-14-39(15-5-1)40-26-28-41(29-27-40)42-32-35-47(36-33-42)59(45-16-6-2-7-17-45)53-24-13-25-54-57(53)56-51-38-44(31-30-43(51)34-37-55(56)61-54)48-21-12-22-50-49-20-10-11-23-52(49)60(58(48)50)46-18-8-3-9-19-46/h1-38H. The molecule has 0 aliphatic carbocycles. The SMILES string of the molecule is c1ccc(-c2ccc(-c3ccc(N(c4ccccc4)c4cccc5oc6ccc7ccc(-c8cccc9c%10ccccc%10n(-c%10ccccc%10)c89)cc7c6c45)cc3)cc2)cc1. The number of aromatic nitrogens is 1. The van der Waals surface area contributed by atoms with Gasteiger partial charge in [0, 0.05) is 38.8 Å². The van der Waals surface area contributed by atoms with Crippen LogP contribution >= 0.6 is 0 Å². The van der Waals surface area contributed by atoms with Gasteiger partial charge in [-0.25, -0.2) is 0 Å². The van der Waals surface area contributed by atoms with Crippen molar-refractivity contribution in [2.45, 2.75) is 0 Å². The summed E-state index contributed by atoms with van der Waals surface area (Å²) in [6, 6.07) is 82.7. The lowest BCUT2D eigenvalue weighted by Crippen LogP contribution is -2.10. The van der Waals surface area contributed by atoms with Gasteiger partial charge in [-0.1, -0.05) is 164 Å². The van der Waals surface area contributed by atoms with E-state index in [0.29, 0.717) is 0 Å². The number of hydrogen-bond acceptors (Lipinski definition) is 2. The molecule has 286 valence electrons. The Kier molecular flexibility index (Phi) is 8.17. The number of nitrogens with zero attached hydrogens (tertiary/aromatic N) is 2. The van der Waals surface area contributed by atoms with Crippen LogP contribution in [-0.4, -0.2) is 4.57 Å². The van der Waals surface area contributed by atoms with Gasteiger partial charge in [0.2, 0.25) is 0 Å². The minimum atomic E-state index is 0.854. The summed E-state index contributed by atoms with van der Waals surface area (Å²) in [5.41, 5.74) is 15.6. The van der Waals surface area contributed by atoms with Gasteiger partial charge >= 0.3 is 0 Å². The Bertz CT molecular complexity index is 3550. The minimum absolute atomic E-state index is 0.854. The highest BCUT2D eigenvalue weighted by atomic mass is 16.3. The average molecular weight is 779 g/mol. The number of benzene rings is 10. The van der Waals surface area contributed by atoms with E-state index >= 15 is 0 Å². The van der Waals surface area contributed by atoms with E-state index in [1.165, 1.54) is 55.0 Å².